The van der Waals surface area contributed by atoms with Crippen molar-refractivity contribution in [2.75, 3.05) is 13.2 Å². The van der Waals surface area contributed by atoms with Gasteiger partial charge in [0, 0.05) is 0 Å². The third-order valence-corrected chi connectivity index (χ3v) is 7.69. The first-order valence-electron chi connectivity index (χ1n) is 14.8. The Morgan fingerprint density at radius 2 is 0.932 bits per heavy atom. The molecule has 0 radical (unpaired) electrons. The molecule has 5 aromatic carbocycles. The molecule has 6 heteroatoms. The van der Waals surface area contributed by atoms with Crippen molar-refractivity contribution in [1.82, 2.24) is 0 Å². The summed E-state index contributed by atoms with van der Waals surface area (Å²) in [5.74, 6) is 2.70. The van der Waals surface area contributed by atoms with Crippen LogP contribution in [0.1, 0.15) is 45.5 Å². The summed E-state index contributed by atoms with van der Waals surface area (Å²) in [7, 11) is 0. The van der Waals surface area contributed by atoms with Crippen LogP contribution < -0.4 is 9.47 Å². The van der Waals surface area contributed by atoms with Crippen LogP contribution in [0.5, 0.6) is 11.5 Å². The average molecular weight is 581 g/mol. The highest BCUT2D eigenvalue weighted by Gasteiger charge is 2.25. The van der Waals surface area contributed by atoms with Crippen molar-refractivity contribution < 1.29 is 18.9 Å². The van der Waals surface area contributed by atoms with E-state index in [1.54, 1.807) is 0 Å². The second-order valence-electron chi connectivity index (χ2n) is 10.7. The van der Waals surface area contributed by atoms with Crippen LogP contribution in [0.3, 0.4) is 0 Å². The van der Waals surface area contributed by atoms with Crippen molar-refractivity contribution in [2.24, 2.45) is 9.98 Å². The summed E-state index contributed by atoms with van der Waals surface area (Å²) in [6.07, 6.45) is 0. The molecule has 0 fully saturated rings. The number of aliphatic imine (C=N–C) groups is 2. The number of hydrogen-bond acceptors (Lipinski definition) is 6. The van der Waals surface area contributed by atoms with Crippen molar-refractivity contribution in [1.29, 1.82) is 0 Å². The highest BCUT2D eigenvalue weighted by molar-refractivity contribution is 5.98. The fourth-order valence-corrected chi connectivity index (χ4v) is 5.40. The Kier molecular flexibility index (Phi) is 8.04. The highest BCUT2D eigenvalue weighted by Crippen LogP contribution is 2.30. The number of nitrogens with zero attached hydrogens (tertiary/aromatic N) is 2. The molecule has 44 heavy (non-hydrogen) atoms. The zero-order valence-electron chi connectivity index (χ0n) is 24.2. The molecule has 2 aliphatic rings. The van der Waals surface area contributed by atoms with Crippen LogP contribution in [-0.4, -0.2) is 25.0 Å². The lowest BCUT2D eigenvalue weighted by Gasteiger charge is -2.13. The van der Waals surface area contributed by atoms with Gasteiger partial charge in [-0.2, -0.15) is 0 Å². The van der Waals surface area contributed by atoms with E-state index in [-0.39, 0.29) is 12.1 Å². The standard InChI is InChI=1S/C38H32N2O4/c1-3-14-29(15-4-1)33-25-43-37(39-33)31-18-7-9-20-35(31)41-23-27-12-11-13-28(22-27)24-42-36-21-10-8-19-32(36)38-40-34(26-44-38)30-16-5-2-6-17-30/h1-22,33-34H,23-26H2/t33-,34-/m0/s1. The second kappa shape index (κ2) is 12.9. The van der Waals surface area contributed by atoms with E-state index < -0.39 is 0 Å². The zero-order chi connectivity index (χ0) is 29.6. The van der Waals surface area contributed by atoms with Crippen molar-refractivity contribution in [3.63, 3.8) is 0 Å². The second-order valence-corrected chi connectivity index (χ2v) is 10.7. The minimum absolute atomic E-state index is 0.0151. The Balaban J connectivity index is 1.01. The molecule has 218 valence electrons. The molecule has 2 aliphatic heterocycles. The maximum atomic E-state index is 6.29. The number of rotatable bonds is 10. The zero-order valence-corrected chi connectivity index (χ0v) is 24.2. The molecule has 0 saturated heterocycles. The minimum Gasteiger partial charge on any atom is -0.488 e. The van der Waals surface area contributed by atoms with Gasteiger partial charge in [0.05, 0.1) is 11.1 Å². The SMILES string of the molecule is c1ccc([C@@H]2COC(c3ccccc3OCc3cccc(COc4ccccc4C4=N[C@H](c5ccccc5)CO4)c3)=N2)cc1. The topological polar surface area (TPSA) is 61.6 Å². The Labute approximate surface area is 257 Å². The lowest BCUT2D eigenvalue weighted by Crippen LogP contribution is -2.07. The molecule has 7 rings (SSSR count). The molecule has 0 unspecified atom stereocenters. The first-order chi connectivity index (χ1) is 21.8. The van der Waals surface area contributed by atoms with E-state index in [1.807, 2.05) is 91.0 Å². The van der Waals surface area contributed by atoms with Crippen LogP contribution in [-0.2, 0) is 22.7 Å². The minimum atomic E-state index is -0.0151. The van der Waals surface area contributed by atoms with Gasteiger partial charge in [0.25, 0.3) is 0 Å². The summed E-state index contributed by atoms with van der Waals surface area (Å²) in [5, 5.41) is 0. The number of para-hydroxylation sites is 2. The Morgan fingerprint density at radius 1 is 0.500 bits per heavy atom. The van der Waals surface area contributed by atoms with E-state index in [0.717, 1.165) is 44.9 Å². The summed E-state index contributed by atoms with van der Waals surface area (Å²) >= 11 is 0. The fourth-order valence-electron chi connectivity index (χ4n) is 5.40. The van der Waals surface area contributed by atoms with Crippen LogP contribution in [0.15, 0.2) is 143 Å². The normalized spacial score (nSPS) is 17.3. The van der Waals surface area contributed by atoms with E-state index in [9.17, 15) is 0 Å². The van der Waals surface area contributed by atoms with Crippen LogP contribution in [0.25, 0.3) is 0 Å². The molecule has 0 amide bonds. The molecule has 0 N–H and O–H groups in total. The van der Waals surface area contributed by atoms with Crippen molar-refractivity contribution in [3.8, 4) is 11.5 Å². The van der Waals surface area contributed by atoms with Crippen molar-refractivity contribution >= 4 is 11.8 Å². The fraction of sp³-hybridized carbons (Fsp3) is 0.158. The van der Waals surface area contributed by atoms with Crippen LogP contribution >= 0.6 is 0 Å². The predicted octanol–water partition coefficient (Wildman–Crippen LogP) is 7.88. The Bertz CT molecular complexity index is 1660. The molecule has 6 nitrogen and oxygen atoms in total. The molecule has 0 spiro atoms. The van der Waals surface area contributed by atoms with E-state index in [0.29, 0.717) is 38.2 Å². The highest BCUT2D eigenvalue weighted by atomic mass is 16.5. The number of ether oxygens (including phenoxy) is 4. The van der Waals surface area contributed by atoms with Crippen LogP contribution in [0, 0.1) is 0 Å². The van der Waals surface area contributed by atoms with Crippen LogP contribution in [0.2, 0.25) is 0 Å². The molecular formula is C38H32N2O4. The number of hydrogen-bond donors (Lipinski definition) is 0. The molecule has 0 aliphatic carbocycles. The molecule has 5 aromatic rings. The maximum absolute atomic E-state index is 6.29. The Morgan fingerprint density at radius 3 is 1.41 bits per heavy atom. The van der Waals surface area contributed by atoms with Gasteiger partial charge >= 0.3 is 0 Å². The van der Waals surface area contributed by atoms with E-state index in [4.69, 9.17) is 28.9 Å². The van der Waals surface area contributed by atoms with Gasteiger partial charge in [0.15, 0.2) is 0 Å². The summed E-state index contributed by atoms with van der Waals surface area (Å²) in [4.78, 5) is 9.69. The third kappa shape index (κ3) is 6.20. The van der Waals surface area contributed by atoms with E-state index in [2.05, 4.69) is 42.5 Å². The van der Waals surface area contributed by atoms with Gasteiger partial charge < -0.3 is 18.9 Å². The summed E-state index contributed by atoms with van der Waals surface area (Å²) < 4.78 is 24.6. The molecule has 0 aromatic heterocycles. The first-order valence-corrected chi connectivity index (χ1v) is 14.8. The molecule has 2 heterocycles. The van der Waals surface area contributed by atoms with Gasteiger partial charge in [-0.1, -0.05) is 103 Å². The summed E-state index contributed by atoms with van der Waals surface area (Å²) in [5.41, 5.74) is 6.08. The van der Waals surface area contributed by atoms with Crippen molar-refractivity contribution in [2.45, 2.75) is 25.3 Å². The molecular weight excluding hydrogens is 548 g/mol. The predicted molar refractivity (Wildman–Crippen MR) is 171 cm³/mol. The monoisotopic (exact) mass is 580 g/mol. The maximum Gasteiger partial charge on any atom is 0.220 e. The smallest absolute Gasteiger partial charge is 0.220 e. The van der Waals surface area contributed by atoms with Gasteiger partial charge in [-0.05, 0) is 52.6 Å². The Hall–Kier alpha value is -5.36. The molecule has 0 saturated carbocycles. The largest absolute Gasteiger partial charge is 0.488 e. The van der Waals surface area contributed by atoms with Crippen LogP contribution in [0.4, 0.5) is 0 Å². The van der Waals surface area contributed by atoms with Crippen molar-refractivity contribution in [3.05, 3.63) is 167 Å². The average Bonchev–Trinajstić information content (AvgIpc) is 3.79. The third-order valence-electron chi connectivity index (χ3n) is 7.69. The van der Waals surface area contributed by atoms with Gasteiger partial charge in [-0.3, -0.25) is 0 Å². The van der Waals surface area contributed by atoms with Gasteiger partial charge in [0.2, 0.25) is 11.8 Å². The summed E-state index contributed by atoms with van der Waals surface area (Å²) in [6, 6.07) is 44.4. The van der Waals surface area contributed by atoms with Gasteiger partial charge in [-0.15, -0.1) is 0 Å². The quantitative estimate of drug-likeness (QED) is 0.169. The number of benzene rings is 5. The van der Waals surface area contributed by atoms with Gasteiger partial charge in [-0.25, -0.2) is 9.98 Å². The lowest BCUT2D eigenvalue weighted by atomic mass is 10.1. The molecule has 2 atom stereocenters. The first kappa shape index (κ1) is 27.5. The van der Waals surface area contributed by atoms with E-state index >= 15 is 0 Å². The lowest BCUT2D eigenvalue weighted by molar-refractivity contribution is 0.293. The summed E-state index contributed by atoms with van der Waals surface area (Å²) in [6.45, 7) is 1.85. The van der Waals surface area contributed by atoms with E-state index in [1.165, 1.54) is 0 Å². The molecule has 0 bridgehead atoms. The van der Waals surface area contributed by atoms with Gasteiger partial charge in [0.1, 0.15) is 50.0 Å².